The van der Waals surface area contributed by atoms with Gasteiger partial charge in [-0.1, -0.05) is 0 Å². The Balaban J connectivity index is 1.02. The van der Waals surface area contributed by atoms with Crippen molar-refractivity contribution in [3.8, 4) is 0 Å². The molecule has 5 nitrogen and oxygen atoms in total. The van der Waals surface area contributed by atoms with Crippen LogP contribution in [0.5, 0.6) is 0 Å². The average Bonchev–Trinajstić information content (AvgIpc) is 2.77. The lowest BCUT2D eigenvalue weighted by atomic mass is 9.49. The van der Waals surface area contributed by atoms with E-state index in [-0.39, 0.29) is 29.0 Å². The van der Waals surface area contributed by atoms with Gasteiger partial charge in [0.25, 0.3) is 0 Å². The van der Waals surface area contributed by atoms with Gasteiger partial charge in [-0.2, -0.15) is 0 Å². The lowest BCUT2D eigenvalue weighted by Gasteiger charge is -2.56. The van der Waals surface area contributed by atoms with Crippen LogP contribution in [0.3, 0.4) is 0 Å². The first-order valence-corrected chi connectivity index (χ1v) is 14.5. The Morgan fingerprint density at radius 1 is 0.559 bits per heavy atom. The molecule has 0 spiro atoms. The normalized spacial score (nSPS) is 52.6. The molecule has 0 radical (unpaired) electrons. The van der Waals surface area contributed by atoms with Crippen LogP contribution in [0, 0.1) is 46.3 Å². The van der Waals surface area contributed by atoms with E-state index in [0.29, 0.717) is 11.8 Å². The Morgan fingerprint density at radius 3 is 1.18 bits per heavy atom. The van der Waals surface area contributed by atoms with Gasteiger partial charge in [0.1, 0.15) is 0 Å². The Bertz CT molecular complexity index is 716. The monoisotopic (exact) mass is 468 g/mol. The standard InChI is InChI=1S/C29H44N2O3/c1-34-25-9-23(30-26(32)28-11-17-2-18(12-28)4-19(3-17)13-28)8-24(10-25)31-27(33)29-14-20-5-21(15-29)7-22(6-20)16-29/h17-25H,2-16H2,1H3,(H,30,32)(H,31,33). The number of carbonyl (C=O) groups excluding carboxylic acids is 2. The van der Waals surface area contributed by atoms with E-state index in [0.717, 1.165) is 93.3 Å². The smallest absolute Gasteiger partial charge is 0.226 e. The summed E-state index contributed by atoms with van der Waals surface area (Å²) in [5, 5.41) is 7.02. The van der Waals surface area contributed by atoms with Crippen molar-refractivity contribution in [2.45, 2.75) is 114 Å². The maximum absolute atomic E-state index is 13.7. The van der Waals surface area contributed by atoms with E-state index in [4.69, 9.17) is 4.74 Å². The van der Waals surface area contributed by atoms with Gasteiger partial charge in [-0.05, 0) is 132 Å². The Hall–Kier alpha value is -1.10. The number of rotatable bonds is 5. The van der Waals surface area contributed by atoms with E-state index in [2.05, 4.69) is 10.6 Å². The van der Waals surface area contributed by atoms with E-state index in [1.54, 1.807) is 7.11 Å². The molecular weight excluding hydrogens is 424 g/mol. The number of ether oxygens (including phenoxy) is 1. The molecule has 9 rings (SSSR count). The molecular formula is C29H44N2O3. The zero-order chi connectivity index (χ0) is 23.1. The molecule has 0 aromatic heterocycles. The maximum Gasteiger partial charge on any atom is 0.226 e. The molecule has 188 valence electrons. The molecule has 0 heterocycles. The van der Waals surface area contributed by atoms with Crippen LogP contribution >= 0.6 is 0 Å². The summed E-state index contributed by atoms with van der Waals surface area (Å²) in [5.74, 6) is 5.32. The topological polar surface area (TPSA) is 67.4 Å². The van der Waals surface area contributed by atoms with Crippen molar-refractivity contribution in [1.82, 2.24) is 10.6 Å². The van der Waals surface area contributed by atoms with Gasteiger partial charge >= 0.3 is 0 Å². The van der Waals surface area contributed by atoms with E-state index in [1.165, 1.54) is 38.5 Å². The van der Waals surface area contributed by atoms with Crippen molar-refractivity contribution in [2.75, 3.05) is 7.11 Å². The number of methoxy groups -OCH3 is 1. The number of carbonyl (C=O) groups is 2. The van der Waals surface area contributed by atoms with Crippen LogP contribution in [0.4, 0.5) is 0 Å². The summed E-state index contributed by atoms with van der Waals surface area (Å²) in [7, 11) is 1.78. The molecule has 2 amide bonds. The highest BCUT2D eigenvalue weighted by atomic mass is 16.5. The molecule has 9 saturated carbocycles. The van der Waals surface area contributed by atoms with Crippen LogP contribution in [0.25, 0.3) is 0 Å². The first kappa shape index (κ1) is 22.1. The van der Waals surface area contributed by atoms with E-state index < -0.39 is 0 Å². The largest absolute Gasteiger partial charge is 0.381 e. The molecule has 2 atom stereocenters. The fourth-order valence-electron chi connectivity index (χ4n) is 11.1. The highest BCUT2D eigenvalue weighted by Crippen LogP contribution is 2.61. The van der Waals surface area contributed by atoms with Crippen LogP contribution in [0.1, 0.15) is 96.3 Å². The van der Waals surface area contributed by atoms with Crippen LogP contribution < -0.4 is 10.6 Å². The molecule has 9 aliphatic carbocycles. The van der Waals surface area contributed by atoms with Crippen LogP contribution in [-0.4, -0.2) is 37.1 Å². The van der Waals surface area contributed by atoms with Crippen molar-refractivity contribution >= 4 is 11.8 Å². The first-order valence-electron chi connectivity index (χ1n) is 14.5. The van der Waals surface area contributed by atoms with Gasteiger partial charge in [0.15, 0.2) is 0 Å². The SMILES string of the molecule is COC1CC(NC(=O)C23CC4CC(CC(C4)C2)C3)CC(NC(=O)C23CC4CC(CC(C4)C2)C3)C1. The predicted molar refractivity (Wildman–Crippen MR) is 130 cm³/mol. The summed E-state index contributed by atoms with van der Waals surface area (Å²) in [6.07, 6.45) is 17.5. The second-order valence-electron chi connectivity index (χ2n) is 14.3. The fraction of sp³-hybridized carbons (Fsp3) is 0.931. The van der Waals surface area contributed by atoms with E-state index in [1.807, 2.05) is 0 Å². The third-order valence-electron chi connectivity index (χ3n) is 11.7. The van der Waals surface area contributed by atoms with Gasteiger partial charge in [0.05, 0.1) is 6.10 Å². The lowest BCUT2D eigenvalue weighted by Crippen LogP contribution is -2.59. The summed E-state index contributed by atoms with van der Waals surface area (Å²) in [6, 6.07) is 0.224. The predicted octanol–water partition coefficient (Wildman–Crippen LogP) is 4.59. The highest BCUT2D eigenvalue weighted by Gasteiger charge is 2.56. The fourth-order valence-corrected chi connectivity index (χ4v) is 11.1. The van der Waals surface area contributed by atoms with E-state index in [9.17, 15) is 9.59 Å². The van der Waals surface area contributed by atoms with E-state index >= 15 is 0 Å². The van der Waals surface area contributed by atoms with Crippen molar-refractivity contribution < 1.29 is 14.3 Å². The quantitative estimate of drug-likeness (QED) is 0.620. The molecule has 9 aliphatic rings. The molecule has 0 aromatic rings. The van der Waals surface area contributed by atoms with Crippen molar-refractivity contribution in [3.05, 3.63) is 0 Å². The third-order valence-corrected chi connectivity index (χ3v) is 11.7. The second-order valence-corrected chi connectivity index (χ2v) is 14.3. The Labute approximate surface area is 204 Å². The minimum atomic E-state index is -0.104. The minimum Gasteiger partial charge on any atom is -0.381 e. The molecule has 0 aliphatic heterocycles. The number of hydrogen-bond donors (Lipinski definition) is 2. The van der Waals surface area contributed by atoms with Gasteiger partial charge < -0.3 is 15.4 Å². The van der Waals surface area contributed by atoms with Gasteiger partial charge in [-0.25, -0.2) is 0 Å². The van der Waals surface area contributed by atoms with Crippen molar-refractivity contribution in [3.63, 3.8) is 0 Å². The maximum atomic E-state index is 13.7. The zero-order valence-corrected chi connectivity index (χ0v) is 21.0. The van der Waals surface area contributed by atoms with Gasteiger partial charge in [0, 0.05) is 30.0 Å². The molecule has 0 saturated heterocycles. The molecule has 0 aromatic carbocycles. The summed E-state index contributed by atoms with van der Waals surface area (Å²) in [6.45, 7) is 0. The summed E-state index contributed by atoms with van der Waals surface area (Å²) in [4.78, 5) is 27.4. The second kappa shape index (κ2) is 7.95. The lowest BCUT2D eigenvalue weighted by molar-refractivity contribution is -0.148. The minimum absolute atomic E-state index is 0.104. The van der Waals surface area contributed by atoms with Crippen LogP contribution in [0.2, 0.25) is 0 Å². The summed E-state index contributed by atoms with van der Waals surface area (Å²) < 4.78 is 5.81. The molecule has 9 fully saturated rings. The summed E-state index contributed by atoms with van der Waals surface area (Å²) >= 11 is 0. The zero-order valence-electron chi connectivity index (χ0n) is 21.0. The number of nitrogens with one attached hydrogen (secondary N) is 2. The third kappa shape index (κ3) is 3.66. The first-order chi connectivity index (χ1) is 16.4. The van der Waals surface area contributed by atoms with Crippen LogP contribution in [-0.2, 0) is 14.3 Å². The average molecular weight is 469 g/mol. The van der Waals surface area contributed by atoms with Gasteiger partial charge in [-0.3, -0.25) is 9.59 Å². The van der Waals surface area contributed by atoms with Crippen molar-refractivity contribution in [2.24, 2.45) is 46.3 Å². The van der Waals surface area contributed by atoms with Crippen LogP contribution in [0.15, 0.2) is 0 Å². The van der Waals surface area contributed by atoms with Gasteiger partial charge in [0.2, 0.25) is 11.8 Å². The molecule has 34 heavy (non-hydrogen) atoms. The molecule has 2 N–H and O–H groups in total. The molecule has 2 unspecified atom stereocenters. The highest BCUT2D eigenvalue weighted by molar-refractivity contribution is 5.84. The Kier molecular flexibility index (Phi) is 5.17. The van der Waals surface area contributed by atoms with Crippen molar-refractivity contribution in [1.29, 1.82) is 0 Å². The number of hydrogen-bond acceptors (Lipinski definition) is 3. The summed E-state index contributed by atoms with van der Waals surface area (Å²) in [5.41, 5.74) is -0.209. The molecule has 5 heteroatoms. The molecule has 8 bridgehead atoms. The Morgan fingerprint density at radius 2 is 0.882 bits per heavy atom. The van der Waals surface area contributed by atoms with Gasteiger partial charge in [-0.15, -0.1) is 0 Å². The number of amides is 2.